The maximum atomic E-state index is 13.5. The topological polar surface area (TPSA) is 93.6 Å². The zero-order chi connectivity index (χ0) is 31.6. The van der Waals surface area contributed by atoms with E-state index < -0.39 is 23.8 Å². The molecule has 45 heavy (non-hydrogen) atoms. The number of ether oxygens (including phenoxy) is 2. The predicted octanol–water partition coefficient (Wildman–Crippen LogP) is 6.02. The molecule has 0 spiro atoms. The molecule has 1 unspecified atom stereocenters. The number of para-hydroxylation sites is 1. The van der Waals surface area contributed by atoms with E-state index in [2.05, 4.69) is 15.3 Å². The van der Waals surface area contributed by atoms with Crippen molar-refractivity contribution in [1.29, 1.82) is 0 Å². The summed E-state index contributed by atoms with van der Waals surface area (Å²) in [5.74, 6) is 0.385. The van der Waals surface area contributed by atoms with Crippen molar-refractivity contribution in [3.05, 3.63) is 114 Å². The minimum Gasteiger partial charge on any atom is -0.457 e. The lowest BCUT2D eigenvalue weighted by Gasteiger charge is -2.32. The zero-order valence-corrected chi connectivity index (χ0v) is 24.5. The summed E-state index contributed by atoms with van der Waals surface area (Å²) in [6.45, 7) is 0.882. The number of piperidine rings is 1. The summed E-state index contributed by atoms with van der Waals surface area (Å²) in [4.78, 5) is 36.0. The van der Waals surface area contributed by atoms with Crippen LogP contribution in [0.1, 0.15) is 29.7 Å². The Hall–Kier alpha value is -4.77. The van der Waals surface area contributed by atoms with Gasteiger partial charge in [-0.05, 0) is 54.3 Å². The van der Waals surface area contributed by atoms with Gasteiger partial charge in [-0.1, -0.05) is 60.7 Å². The number of hydrogen-bond acceptors (Lipinski definition) is 7. The van der Waals surface area contributed by atoms with E-state index in [9.17, 15) is 22.8 Å². The van der Waals surface area contributed by atoms with Crippen molar-refractivity contribution in [2.75, 3.05) is 24.6 Å². The number of rotatable bonds is 12. The van der Waals surface area contributed by atoms with Crippen molar-refractivity contribution in [2.24, 2.45) is 5.92 Å². The molecule has 1 fully saturated rings. The van der Waals surface area contributed by atoms with Crippen molar-refractivity contribution >= 4 is 17.6 Å². The number of alkyl halides is 3. The van der Waals surface area contributed by atoms with Gasteiger partial charge in [-0.15, -0.1) is 0 Å². The molecule has 1 aromatic heterocycles. The van der Waals surface area contributed by atoms with Crippen LogP contribution in [0.3, 0.4) is 0 Å². The highest BCUT2D eigenvalue weighted by atomic mass is 19.4. The standard InChI is InChI=1S/C34H33F3N4O4/c35-34(36,37)31-15-18-38-33(40-31)41-19-16-26(17-20-41)32(43)39-29(23-44-22-25-7-3-1-4-8-25)30(42)21-24-11-13-28(14-12-24)45-27-9-5-2-6-10-27/h1-15,18,26,29H,16-17,19-23H2,(H,39,43). The van der Waals surface area contributed by atoms with Crippen LogP contribution in [-0.2, 0) is 33.5 Å². The van der Waals surface area contributed by atoms with Crippen molar-refractivity contribution in [3.63, 3.8) is 0 Å². The highest BCUT2D eigenvalue weighted by Gasteiger charge is 2.34. The van der Waals surface area contributed by atoms with E-state index >= 15 is 0 Å². The number of anilines is 1. The summed E-state index contributed by atoms with van der Waals surface area (Å²) >= 11 is 0. The van der Waals surface area contributed by atoms with E-state index in [0.717, 1.165) is 23.4 Å². The van der Waals surface area contributed by atoms with Gasteiger partial charge in [0.2, 0.25) is 11.9 Å². The lowest BCUT2D eigenvalue weighted by molar-refractivity contribution is -0.141. The summed E-state index contributed by atoms with van der Waals surface area (Å²) in [5.41, 5.74) is 0.688. The lowest BCUT2D eigenvalue weighted by Crippen LogP contribution is -2.49. The molecule has 1 saturated heterocycles. The first kappa shape index (κ1) is 31.6. The Kier molecular flexibility index (Phi) is 10.4. The van der Waals surface area contributed by atoms with Crippen LogP contribution in [0.5, 0.6) is 11.5 Å². The van der Waals surface area contributed by atoms with Crippen LogP contribution in [0, 0.1) is 5.92 Å². The maximum Gasteiger partial charge on any atom is 0.433 e. The fourth-order valence-electron chi connectivity index (χ4n) is 5.00. The SMILES string of the molecule is O=C(NC(COCc1ccccc1)C(=O)Cc1ccc(Oc2ccccc2)cc1)C1CCN(c2nccc(C(F)(F)F)n2)CC1. The van der Waals surface area contributed by atoms with E-state index in [1.54, 1.807) is 17.0 Å². The van der Waals surface area contributed by atoms with Crippen molar-refractivity contribution in [1.82, 2.24) is 15.3 Å². The van der Waals surface area contributed by atoms with Gasteiger partial charge in [0.25, 0.3) is 0 Å². The molecule has 8 nitrogen and oxygen atoms in total. The van der Waals surface area contributed by atoms with Crippen LogP contribution in [0.2, 0.25) is 0 Å². The zero-order valence-electron chi connectivity index (χ0n) is 24.5. The monoisotopic (exact) mass is 618 g/mol. The molecular formula is C34H33F3N4O4. The summed E-state index contributed by atoms with van der Waals surface area (Å²) < 4.78 is 51.0. The molecule has 1 N–H and O–H groups in total. The molecule has 1 amide bonds. The second-order valence-corrected chi connectivity index (χ2v) is 10.8. The van der Waals surface area contributed by atoms with Crippen LogP contribution >= 0.6 is 0 Å². The molecule has 3 aromatic carbocycles. The smallest absolute Gasteiger partial charge is 0.433 e. The fourth-order valence-corrected chi connectivity index (χ4v) is 5.00. The molecule has 11 heteroatoms. The fraction of sp³-hybridized carbons (Fsp3) is 0.294. The van der Waals surface area contributed by atoms with Gasteiger partial charge in [-0.25, -0.2) is 9.97 Å². The van der Waals surface area contributed by atoms with E-state index in [-0.39, 0.29) is 37.3 Å². The second kappa shape index (κ2) is 14.8. The Morgan fingerprint density at radius 1 is 0.867 bits per heavy atom. The van der Waals surface area contributed by atoms with Crippen LogP contribution in [0.25, 0.3) is 0 Å². The molecule has 2 heterocycles. The van der Waals surface area contributed by atoms with Gasteiger partial charge in [0.1, 0.15) is 23.2 Å². The quantitative estimate of drug-likeness (QED) is 0.208. The number of carbonyl (C=O) groups is 2. The minimum absolute atomic E-state index is 0.00834. The van der Waals surface area contributed by atoms with Crippen LogP contribution in [-0.4, -0.2) is 47.4 Å². The summed E-state index contributed by atoms with van der Waals surface area (Å²) in [5, 5.41) is 2.88. The van der Waals surface area contributed by atoms with E-state index in [1.807, 2.05) is 72.8 Å². The van der Waals surface area contributed by atoms with Crippen molar-refractivity contribution in [2.45, 2.75) is 38.1 Å². The number of ketones is 1. The third-order valence-corrected chi connectivity index (χ3v) is 7.46. The largest absolute Gasteiger partial charge is 0.457 e. The van der Waals surface area contributed by atoms with Gasteiger partial charge in [-0.2, -0.15) is 13.2 Å². The number of aromatic nitrogens is 2. The number of hydrogen-bond donors (Lipinski definition) is 1. The average Bonchev–Trinajstić information content (AvgIpc) is 3.06. The summed E-state index contributed by atoms with van der Waals surface area (Å²) in [6, 6.07) is 26.0. The molecule has 0 aliphatic carbocycles. The molecule has 5 rings (SSSR count). The Morgan fingerprint density at radius 3 is 2.18 bits per heavy atom. The summed E-state index contributed by atoms with van der Waals surface area (Å²) in [7, 11) is 0. The van der Waals surface area contributed by atoms with Gasteiger partial charge >= 0.3 is 6.18 Å². The molecule has 4 aromatic rings. The Bertz CT molecular complexity index is 1550. The first-order valence-corrected chi connectivity index (χ1v) is 14.7. The minimum atomic E-state index is -4.57. The van der Waals surface area contributed by atoms with E-state index in [1.165, 1.54) is 0 Å². The first-order valence-electron chi connectivity index (χ1n) is 14.7. The van der Waals surface area contributed by atoms with Gasteiger partial charge in [0.15, 0.2) is 5.78 Å². The third kappa shape index (κ3) is 9.12. The highest BCUT2D eigenvalue weighted by molar-refractivity contribution is 5.91. The summed E-state index contributed by atoms with van der Waals surface area (Å²) in [6.07, 6.45) is -2.66. The van der Waals surface area contributed by atoms with Gasteiger partial charge < -0.3 is 19.7 Å². The number of benzene rings is 3. The lowest BCUT2D eigenvalue weighted by atomic mass is 9.95. The second-order valence-electron chi connectivity index (χ2n) is 10.8. The highest BCUT2D eigenvalue weighted by Crippen LogP contribution is 2.29. The van der Waals surface area contributed by atoms with Crippen LogP contribution < -0.4 is 15.0 Å². The van der Waals surface area contributed by atoms with Crippen LogP contribution in [0.15, 0.2) is 97.2 Å². The van der Waals surface area contributed by atoms with Gasteiger partial charge in [-0.3, -0.25) is 9.59 Å². The third-order valence-electron chi connectivity index (χ3n) is 7.46. The molecule has 0 saturated carbocycles. The number of carbonyl (C=O) groups excluding carboxylic acids is 2. The molecule has 1 atom stereocenters. The molecule has 1 aliphatic rings. The number of halogens is 3. The molecule has 0 bridgehead atoms. The average molecular weight is 619 g/mol. The molecular weight excluding hydrogens is 585 g/mol. The Morgan fingerprint density at radius 2 is 1.51 bits per heavy atom. The normalized spacial score (nSPS) is 14.5. The van der Waals surface area contributed by atoms with E-state index in [4.69, 9.17) is 9.47 Å². The Balaban J connectivity index is 1.19. The van der Waals surface area contributed by atoms with Crippen molar-refractivity contribution < 1.29 is 32.2 Å². The molecule has 234 valence electrons. The van der Waals surface area contributed by atoms with Crippen LogP contribution in [0.4, 0.5) is 19.1 Å². The Labute approximate surface area is 259 Å². The number of Topliss-reactive ketones (excluding diaryl/α,β-unsaturated/α-hetero) is 1. The van der Waals surface area contributed by atoms with Gasteiger partial charge in [0, 0.05) is 31.6 Å². The van der Waals surface area contributed by atoms with E-state index in [0.29, 0.717) is 37.4 Å². The number of nitrogens with zero attached hydrogens (tertiary/aromatic N) is 3. The predicted molar refractivity (Wildman–Crippen MR) is 162 cm³/mol. The maximum absolute atomic E-state index is 13.5. The van der Waals surface area contributed by atoms with Gasteiger partial charge in [0.05, 0.1) is 13.2 Å². The van der Waals surface area contributed by atoms with Crippen molar-refractivity contribution in [3.8, 4) is 11.5 Å². The molecule has 0 radical (unpaired) electrons. The first-order chi connectivity index (χ1) is 21.7. The molecule has 1 aliphatic heterocycles. The number of amides is 1. The number of nitrogens with one attached hydrogen (secondary N) is 1.